The molecule has 0 spiro atoms. The van der Waals surface area contributed by atoms with Crippen molar-refractivity contribution in [2.45, 2.75) is 39.2 Å². The van der Waals surface area contributed by atoms with Crippen molar-refractivity contribution in [3.05, 3.63) is 64.4 Å². The molecule has 1 aliphatic heterocycles. The Morgan fingerprint density at radius 3 is 2.90 bits per heavy atom. The standard InChI is InChI=1S/C23H25FN6O/c1-2-19-22(29-13-17-5-3-4-16(17)11-21(29)28-19)23(31)26-12-15-6-7-20(18(24)10-15)30-9-8-25-14-27-30/h6-7,10-11,13-14H,2-5,8-9,12H2,1H3,(H,25,27)(H,26,31). The van der Waals surface area contributed by atoms with E-state index >= 15 is 0 Å². The molecule has 2 aromatic heterocycles. The van der Waals surface area contributed by atoms with Crippen molar-refractivity contribution in [1.82, 2.24) is 20.1 Å². The normalized spacial score (nSPS) is 15.2. The Hall–Kier alpha value is -3.42. The van der Waals surface area contributed by atoms with E-state index in [1.807, 2.05) is 17.4 Å². The van der Waals surface area contributed by atoms with E-state index < -0.39 is 0 Å². The Morgan fingerprint density at radius 1 is 1.26 bits per heavy atom. The SMILES string of the molecule is CCc1nc2cc3c(cn2c1C(=O)NCc1ccc(N2CCN=CN2)c(F)c1)CCC3. The van der Waals surface area contributed by atoms with E-state index in [4.69, 9.17) is 0 Å². The number of hydrogen-bond donors (Lipinski definition) is 2. The molecule has 1 amide bonds. The van der Waals surface area contributed by atoms with E-state index in [1.54, 1.807) is 17.4 Å². The number of carbonyl (C=O) groups is 1. The lowest BCUT2D eigenvalue weighted by atomic mass is 10.1. The zero-order chi connectivity index (χ0) is 21.4. The average molecular weight is 420 g/mol. The first-order chi connectivity index (χ1) is 15.1. The van der Waals surface area contributed by atoms with Gasteiger partial charge in [0.1, 0.15) is 23.5 Å². The van der Waals surface area contributed by atoms with Crippen molar-refractivity contribution in [2.24, 2.45) is 4.99 Å². The zero-order valence-corrected chi connectivity index (χ0v) is 17.5. The number of hydrazine groups is 1. The van der Waals surface area contributed by atoms with Crippen LogP contribution in [0.5, 0.6) is 0 Å². The van der Waals surface area contributed by atoms with Crippen LogP contribution >= 0.6 is 0 Å². The van der Waals surface area contributed by atoms with Crippen molar-refractivity contribution in [2.75, 3.05) is 18.1 Å². The van der Waals surface area contributed by atoms with E-state index in [0.717, 1.165) is 30.6 Å². The van der Waals surface area contributed by atoms with Crippen LogP contribution in [0.3, 0.4) is 0 Å². The number of nitrogens with zero attached hydrogens (tertiary/aromatic N) is 4. The second-order valence-corrected chi connectivity index (χ2v) is 7.95. The van der Waals surface area contributed by atoms with Crippen LogP contribution in [0.2, 0.25) is 0 Å². The largest absolute Gasteiger partial charge is 0.347 e. The Morgan fingerprint density at radius 2 is 2.13 bits per heavy atom. The molecule has 1 aromatic carbocycles. The number of halogens is 1. The summed E-state index contributed by atoms with van der Waals surface area (Å²) in [5.41, 5.74) is 8.88. The fraction of sp³-hybridized carbons (Fsp3) is 0.348. The van der Waals surface area contributed by atoms with Crippen LogP contribution < -0.4 is 15.8 Å². The van der Waals surface area contributed by atoms with Crippen LogP contribution in [0.25, 0.3) is 5.65 Å². The third-order valence-electron chi connectivity index (χ3n) is 5.97. The van der Waals surface area contributed by atoms with E-state index in [1.165, 1.54) is 17.2 Å². The first-order valence-electron chi connectivity index (χ1n) is 10.8. The maximum atomic E-state index is 14.6. The lowest BCUT2D eigenvalue weighted by Gasteiger charge is -2.26. The summed E-state index contributed by atoms with van der Waals surface area (Å²) in [4.78, 5) is 21.8. The molecule has 1 aliphatic carbocycles. The molecule has 8 heteroatoms. The number of nitrogens with one attached hydrogen (secondary N) is 2. The van der Waals surface area contributed by atoms with Gasteiger partial charge in [0.25, 0.3) is 5.91 Å². The number of anilines is 1. The van der Waals surface area contributed by atoms with Gasteiger partial charge in [-0.1, -0.05) is 13.0 Å². The van der Waals surface area contributed by atoms with Gasteiger partial charge >= 0.3 is 0 Å². The summed E-state index contributed by atoms with van der Waals surface area (Å²) < 4.78 is 16.5. The number of amides is 1. The second kappa shape index (κ2) is 8.02. The fourth-order valence-corrected chi connectivity index (χ4v) is 4.37. The van der Waals surface area contributed by atoms with E-state index in [0.29, 0.717) is 36.5 Å². The summed E-state index contributed by atoms with van der Waals surface area (Å²) in [7, 11) is 0. The molecule has 0 radical (unpaired) electrons. The van der Waals surface area contributed by atoms with Crippen LogP contribution in [0.4, 0.5) is 10.1 Å². The highest BCUT2D eigenvalue weighted by atomic mass is 19.1. The number of imidazole rings is 1. The van der Waals surface area contributed by atoms with Crippen molar-refractivity contribution >= 4 is 23.6 Å². The average Bonchev–Trinajstić information content (AvgIpc) is 3.39. The van der Waals surface area contributed by atoms with Crippen LogP contribution in [-0.4, -0.2) is 34.7 Å². The molecule has 3 heterocycles. The van der Waals surface area contributed by atoms with Crippen LogP contribution in [0.1, 0.15) is 46.2 Å². The van der Waals surface area contributed by atoms with Crippen LogP contribution in [0, 0.1) is 5.82 Å². The smallest absolute Gasteiger partial charge is 0.270 e. The van der Waals surface area contributed by atoms with Gasteiger partial charge < -0.3 is 5.32 Å². The highest BCUT2D eigenvalue weighted by molar-refractivity contribution is 5.94. The minimum atomic E-state index is -0.339. The molecule has 160 valence electrons. The van der Waals surface area contributed by atoms with Gasteiger partial charge in [0.05, 0.1) is 24.5 Å². The number of aryl methyl sites for hydroxylation is 3. The minimum Gasteiger partial charge on any atom is -0.347 e. The molecule has 2 N–H and O–H groups in total. The van der Waals surface area contributed by atoms with Gasteiger partial charge in [-0.3, -0.25) is 24.6 Å². The zero-order valence-electron chi connectivity index (χ0n) is 17.5. The second-order valence-electron chi connectivity index (χ2n) is 7.95. The lowest BCUT2D eigenvalue weighted by Crippen LogP contribution is -2.42. The number of pyridine rings is 1. The van der Waals surface area contributed by atoms with Crippen LogP contribution in [-0.2, 0) is 25.8 Å². The Balaban J connectivity index is 1.35. The number of hydrogen-bond acceptors (Lipinski definition) is 5. The van der Waals surface area contributed by atoms with Gasteiger partial charge in [-0.15, -0.1) is 0 Å². The van der Waals surface area contributed by atoms with Gasteiger partial charge in [-0.2, -0.15) is 0 Å². The predicted molar refractivity (Wildman–Crippen MR) is 118 cm³/mol. The number of fused-ring (bicyclic) bond motifs is 2. The summed E-state index contributed by atoms with van der Waals surface area (Å²) in [6.07, 6.45) is 7.55. The predicted octanol–water partition coefficient (Wildman–Crippen LogP) is 2.81. The maximum Gasteiger partial charge on any atom is 0.270 e. The lowest BCUT2D eigenvalue weighted by molar-refractivity contribution is 0.0944. The molecule has 7 nitrogen and oxygen atoms in total. The summed E-state index contributed by atoms with van der Waals surface area (Å²) in [5.74, 6) is -0.533. The van der Waals surface area contributed by atoms with Gasteiger partial charge in [-0.05, 0) is 60.6 Å². The van der Waals surface area contributed by atoms with Crippen molar-refractivity contribution in [1.29, 1.82) is 0 Å². The maximum absolute atomic E-state index is 14.6. The van der Waals surface area contributed by atoms with Gasteiger partial charge in [0, 0.05) is 12.7 Å². The molecule has 0 unspecified atom stereocenters. The van der Waals surface area contributed by atoms with Gasteiger partial charge in [0.2, 0.25) is 0 Å². The van der Waals surface area contributed by atoms with E-state index in [2.05, 4.69) is 33.0 Å². The van der Waals surface area contributed by atoms with E-state index in [9.17, 15) is 9.18 Å². The van der Waals surface area contributed by atoms with Crippen molar-refractivity contribution < 1.29 is 9.18 Å². The van der Waals surface area contributed by atoms with Crippen LogP contribution in [0.15, 0.2) is 35.5 Å². The van der Waals surface area contributed by atoms with Crippen molar-refractivity contribution in [3.8, 4) is 0 Å². The Kier molecular flexibility index (Phi) is 5.05. The third kappa shape index (κ3) is 3.62. The van der Waals surface area contributed by atoms with Crippen molar-refractivity contribution in [3.63, 3.8) is 0 Å². The molecule has 0 bridgehead atoms. The van der Waals surface area contributed by atoms with Gasteiger partial charge in [0.15, 0.2) is 0 Å². The Bertz CT molecular complexity index is 1180. The topological polar surface area (TPSA) is 74.0 Å². The molecule has 0 saturated carbocycles. The molecule has 0 atom stereocenters. The molecule has 0 fully saturated rings. The summed E-state index contributed by atoms with van der Waals surface area (Å²) in [6, 6.07) is 7.11. The quantitative estimate of drug-likeness (QED) is 0.666. The molecule has 0 saturated heterocycles. The Labute approximate surface area is 180 Å². The first-order valence-corrected chi connectivity index (χ1v) is 10.8. The molecular weight excluding hydrogens is 395 g/mol. The summed E-state index contributed by atoms with van der Waals surface area (Å²) >= 11 is 0. The highest BCUT2D eigenvalue weighted by Gasteiger charge is 2.21. The number of carbonyl (C=O) groups excluding carboxylic acids is 1. The number of aliphatic imine (C=N–C) groups is 1. The molecule has 31 heavy (non-hydrogen) atoms. The highest BCUT2D eigenvalue weighted by Crippen LogP contribution is 2.25. The first kappa shape index (κ1) is 19.5. The molecular formula is C23H25FN6O. The minimum absolute atomic E-state index is 0.194. The summed E-state index contributed by atoms with van der Waals surface area (Å²) in [6.45, 7) is 3.46. The fourth-order valence-electron chi connectivity index (χ4n) is 4.37. The number of benzene rings is 1. The third-order valence-corrected chi connectivity index (χ3v) is 5.97. The molecule has 3 aromatic rings. The molecule has 5 rings (SSSR count). The summed E-state index contributed by atoms with van der Waals surface area (Å²) in [5, 5.41) is 4.66. The monoisotopic (exact) mass is 420 g/mol. The van der Waals surface area contributed by atoms with E-state index in [-0.39, 0.29) is 18.3 Å². The number of aromatic nitrogens is 2. The van der Waals surface area contributed by atoms with Gasteiger partial charge in [-0.25, -0.2) is 9.37 Å². The number of rotatable bonds is 5. The molecule has 2 aliphatic rings.